The predicted octanol–water partition coefficient (Wildman–Crippen LogP) is 4.49. The highest BCUT2D eigenvalue weighted by molar-refractivity contribution is 4.79. The Bertz CT molecular complexity index is 137. The van der Waals surface area contributed by atoms with Crippen LogP contribution in [0.25, 0.3) is 0 Å². The lowest BCUT2D eigenvalue weighted by Crippen LogP contribution is -2.28. The molecule has 0 aromatic heterocycles. The molecule has 1 fully saturated rings. The Kier molecular flexibility index (Phi) is 4.28. The lowest BCUT2D eigenvalue weighted by Gasteiger charge is -2.37. The number of hydrogen-bond acceptors (Lipinski definition) is 0. The lowest BCUT2D eigenvalue weighted by molar-refractivity contribution is 0.133. The molecule has 1 saturated carbocycles. The average Bonchev–Trinajstić information content (AvgIpc) is 2.09. The van der Waals surface area contributed by atoms with Gasteiger partial charge in [-0.3, -0.25) is 0 Å². The molecule has 1 rings (SSSR count). The highest BCUT2D eigenvalue weighted by atomic mass is 14.3. The van der Waals surface area contributed by atoms with E-state index in [0.717, 1.165) is 23.7 Å². The Hall–Kier alpha value is 0. The van der Waals surface area contributed by atoms with E-state index in [9.17, 15) is 0 Å². The van der Waals surface area contributed by atoms with Crippen molar-refractivity contribution in [1.29, 1.82) is 0 Å². The summed E-state index contributed by atoms with van der Waals surface area (Å²) in [6, 6.07) is 0. The fourth-order valence-corrected chi connectivity index (χ4v) is 3.25. The standard InChI is InChI=1S/C13H26/c1-5-12(10(2)3)13-9-7-6-8-11(13)4/h10-13H,5-9H2,1-4H3. The number of rotatable bonds is 3. The molecule has 0 nitrogen and oxygen atoms in total. The summed E-state index contributed by atoms with van der Waals surface area (Å²) < 4.78 is 0. The minimum Gasteiger partial charge on any atom is -0.0651 e. The van der Waals surface area contributed by atoms with Gasteiger partial charge in [-0.05, 0) is 30.1 Å². The molecule has 0 heteroatoms. The quantitative estimate of drug-likeness (QED) is 0.603. The predicted molar refractivity (Wildman–Crippen MR) is 59.7 cm³/mol. The molecule has 0 radical (unpaired) electrons. The van der Waals surface area contributed by atoms with E-state index in [1.807, 2.05) is 0 Å². The van der Waals surface area contributed by atoms with Crippen molar-refractivity contribution in [3.05, 3.63) is 0 Å². The molecule has 0 aromatic carbocycles. The van der Waals surface area contributed by atoms with Gasteiger partial charge in [0.15, 0.2) is 0 Å². The van der Waals surface area contributed by atoms with Gasteiger partial charge in [0.25, 0.3) is 0 Å². The van der Waals surface area contributed by atoms with E-state index in [1.165, 1.54) is 32.1 Å². The van der Waals surface area contributed by atoms with Crippen LogP contribution in [0.2, 0.25) is 0 Å². The monoisotopic (exact) mass is 182 g/mol. The Morgan fingerprint density at radius 3 is 2.23 bits per heavy atom. The highest BCUT2D eigenvalue weighted by Gasteiger charge is 2.29. The van der Waals surface area contributed by atoms with E-state index in [-0.39, 0.29) is 0 Å². The van der Waals surface area contributed by atoms with Crippen LogP contribution < -0.4 is 0 Å². The van der Waals surface area contributed by atoms with Gasteiger partial charge in [0.05, 0.1) is 0 Å². The van der Waals surface area contributed by atoms with Crippen LogP contribution in [-0.2, 0) is 0 Å². The summed E-state index contributed by atoms with van der Waals surface area (Å²) in [4.78, 5) is 0. The molecule has 1 aliphatic rings. The SMILES string of the molecule is CCC(C(C)C)C1CCCCC1C. The van der Waals surface area contributed by atoms with Crippen molar-refractivity contribution >= 4 is 0 Å². The fourth-order valence-electron chi connectivity index (χ4n) is 3.25. The summed E-state index contributed by atoms with van der Waals surface area (Å²) in [6.45, 7) is 9.63. The fraction of sp³-hybridized carbons (Fsp3) is 1.00. The normalized spacial score (nSPS) is 32.1. The van der Waals surface area contributed by atoms with Crippen LogP contribution in [0.15, 0.2) is 0 Å². The maximum Gasteiger partial charge on any atom is -0.0358 e. The largest absolute Gasteiger partial charge is 0.0651 e. The molecular formula is C13H26. The Morgan fingerprint density at radius 2 is 1.77 bits per heavy atom. The summed E-state index contributed by atoms with van der Waals surface area (Å²) in [7, 11) is 0. The van der Waals surface area contributed by atoms with Crippen LogP contribution in [0.4, 0.5) is 0 Å². The molecular weight excluding hydrogens is 156 g/mol. The summed E-state index contributed by atoms with van der Waals surface area (Å²) in [5, 5.41) is 0. The molecule has 0 amide bonds. The van der Waals surface area contributed by atoms with E-state index in [0.29, 0.717) is 0 Å². The van der Waals surface area contributed by atoms with E-state index in [4.69, 9.17) is 0 Å². The van der Waals surface area contributed by atoms with Crippen molar-refractivity contribution in [3.63, 3.8) is 0 Å². The highest BCUT2D eigenvalue weighted by Crippen LogP contribution is 2.39. The third-order valence-corrected chi connectivity index (χ3v) is 4.06. The summed E-state index contributed by atoms with van der Waals surface area (Å²) >= 11 is 0. The maximum atomic E-state index is 2.47. The zero-order valence-corrected chi connectivity index (χ0v) is 9.84. The van der Waals surface area contributed by atoms with Gasteiger partial charge < -0.3 is 0 Å². The molecule has 0 aromatic rings. The van der Waals surface area contributed by atoms with Gasteiger partial charge in [0, 0.05) is 0 Å². The van der Waals surface area contributed by atoms with Gasteiger partial charge in [-0.15, -0.1) is 0 Å². The molecule has 3 atom stereocenters. The van der Waals surface area contributed by atoms with Gasteiger partial charge in [-0.25, -0.2) is 0 Å². The van der Waals surface area contributed by atoms with Crippen LogP contribution in [0.1, 0.15) is 59.8 Å². The summed E-state index contributed by atoms with van der Waals surface area (Å²) in [5.74, 6) is 3.88. The van der Waals surface area contributed by atoms with Gasteiger partial charge in [-0.2, -0.15) is 0 Å². The molecule has 0 bridgehead atoms. The minimum atomic E-state index is 0.885. The van der Waals surface area contributed by atoms with E-state index >= 15 is 0 Å². The zero-order valence-electron chi connectivity index (χ0n) is 9.84. The summed E-state index contributed by atoms with van der Waals surface area (Å²) in [5.41, 5.74) is 0. The topological polar surface area (TPSA) is 0 Å². The molecule has 3 unspecified atom stereocenters. The van der Waals surface area contributed by atoms with E-state index < -0.39 is 0 Å². The average molecular weight is 182 g/mol. The van der Waals surface area contributed by atoms with E-state index in [1.54, 1.807) is 0 Å². The molecule has 1 aliphatic carbocycles. The molecule has 0 N–H and O–H groups in total. The van der Waals surface area contributed by atoms with Crippen molar-refractivity contribution in [2.45, 2.75) is 59.8 Å². The van der Waals surface area contributed by atoms with Crippen LogP contribution in [0.3, 0.4) is 0 Å². The third kappa shape index (κ3) is 2.72. The first kappa shape index (κ1) is 11.1. The first-order valence-electron chi connectivity index (χ1n) is 6.16. The first-order chi connectivity index (χ1) is 6.16. The van der Waals surface area contributed by atoms with Crippen LogP contribution >= 0.6 is 0 Å². The second-order valence-electron chi connectivity index (χ2n) is 5.24. The molecule has 78 valence electrons. The zero-order chi connectivity index (χ0) is 9.84. The van der Waals surface area contributed by atoms with Crippen molar-refractivity contribution < 1.29 is 0 Å². The van der Waals surface area contributed by atoms with Gasteiger partial charge in [0.1, 0.15) is 0 Å². The van der Waals surface area contributed by atoms with Gasteiger partial charge in [-0.1, -0.05) is 53.4 Å². The molecule has 13 heavy (non-hydrogen) atoms. The maximum absolute atomic E-state index is 2.47. The molecule has 0 saturated heterocycles. The Morgan fingerprint density at radius 1 is 1.15 bits per heavy atom. The van der Waals surface area contributed by atoms with Crippen LogP contribution in [0, 0.1) is 23.7 Å². The van der Waals surface area contributed by atoms with Crippen molar-refractivity contribution in [2.75, 3.05) is 0 Å². The minimum absolute atomic E-state index is 0.885. The van der Waals surface area contributed by atoms with E-state index in [2.05, 4.69) is 27.7 Å². The van der Waals surface area contributed by atoms with Crippen molar-refractivity contribution in [2.24, 2.45) is 23.7 Å². The number of hydrogen-bond donors (Lipinski definition) is 0. The van der Waals surface area contributed by atoms with Gasteiger partial charge in [0.2, 0.25) is 0 Å². The third-order valence-electron chi connectivity index (χ3n) is 4.06. The van der Waals surface area contributed by atoms with Crippen LogP contribution in [0.5, 0.6) is 0 Å². The molecule has 0 heterocycles. The molecule has 0 aliphatic heterocycles. The first-order valence-corrected chi connectivity index (χ1v) is 6.16. The van der Waals surface area contributed by atoms with Crippen molar-refractivity contribution in [3.8, 4) is 0 Å². The Labute approximate surface area is 84.1 Å². The van der Waals surface area contributed by atoms with Gasteiger partial charge >= 0.3 is 0 Å². The summed E-state index contributed by atoms with van der Waals surface area (Å²) in [6.07, 6.45) is 7.32. The molecule has 0 spiro atoms. The second kappa shape index (κ2) is 5.02. The van der Waals surface area contributed by atoms with Crippen LogP contribution in [-0.4, -0.2) is 0 Å². The smallest absolute Gasteiger partial charge is 0.0358 e. The second-order valence-corrected chi connectivity index (χ2v) is 5.24. The Balaban J connectivity index is 2.55. The van der Waals surface area contributed by atoms with Crippen molar-refractivity contribution in [1.82, 2.24) is 0 Å². The lowest BCUT2D eigenvalue weighted by atomic mass is 9.69.